The highest BCUT2D eigenvalue weighted by Gasteiger charge is 2.21. The fourth-order valence-corrected chi connectivity index (χ4v) is 3.82. The lowest BCUT2D eigenvalue weighted by Gasteiger charge is -2.36. The lowest BCUT2D eigenvalue weighted by Crippen LogP contribution is -2.46. The maximum atomic E-state index is 5.47. The number of nitrogens with zero attached hydrogens (tertiary/aromatic N) is 5. The van der Waals surface area contributed by atoms with Gasteiger partial charge in [-0.2, -0.15) is 0 Å². The summed E-state index contributed by atoms with van der Waals surface area (Å²) < 4.78 is 5.47. The normalized spacial score (nSPS) is 18.7. The Balaban J connectivity index is 1.40. The molecule has 2 aliphatic rings. The average Bonchev–Trinajstić information content (AvgIpc) is 2.70. The zero-order chi connectivity index (χ0) is 18.6. The molecule has 0 aliphatic carbocycles. The smallest absolute Gasteiger partial charge is 0.134 e. The molecule has 0 bridgehead atoms. The van der Waals surface area contributed by atoms with Crippen molar-refractivity contribution in [1.29, 1.82) is 0 Å². The van der Waals surface area contributed by atoms with Gasteiger partial charge < -0.3 is 14.5 Å². The molecule has 0 atom stereocenters. The van der Waals surface area contributed by atoms with Crippen LogP contribution >= 0.6 is 0 Å². The highest BCUT2D eigenvalue weighted by molar-refractivity contribution is 5.51. The summed E-state index contributed by atoms with van der Waals surface area (Å²) in [5, 5.41) is 0. The van der Waals surface area contributed by atoms with Gasteiger partial charge in [-0.25, -0.2) is 9.97 Å². The Kier molecular flexibility index (Phi) is 5.55. The van der Waals surface area contributed by atoms with E-state index in [1.165, 1.54) is 11.1 Å². The molecule has 6 heteroatoms. The number of rotatable bonds is 4. The molecular weight excluding hydrogens is 338 g/mol. The number of morpholine rings is 1. The van der Waals surface area contributed by atoms with Crippen molar-refractivity contribution in [2.45, 2.75) is 20.4 Å². The van der Waals surface area contributed by atoms with Crippen LogP contribution in [0.15, 0.2) is 30.3 Å². The van der Waals surface area contributed by atoms with Gasteiger partial charge in [-0.15, -0.1) is 0 Å². The van der Waals surface area contributed by atoms with Gasteiger partial charge >= 0.3 is 0 Å². The zero-order valence-electron chi connectivity index (χ0n) is 16.4. The fraction of sp³-hybridized carbons (Fsp3) is 0.524. The van der Waals surface area contributed by atoms with E-state index in [2.05, 4.69) is 56.9 Å². The molecule has 0 N–H and O–H groups in total. The third-order valence-electron chi connectivity index (χ3n) is 5.50. The Labute approximate surface area is 161 Å². The number of hydrogen-bond acceptors (Lipinski definition) is 6. The molecule has 2 saturated heterocycles. The lowest BCUT2D eigenvalue weighted by atomic mass is 10.1. The molecule has 0 spiro atoms. The second kappa shape index (κ2) is 8.23. The van der Waals surface area contributed by atoms with Crippen molar-refractivity contribution in [1.82, 2.24) is 14.9 Å². The molecule has 27 heavy (non-hydrogen) atoms. The van der Waals surface area contributed by atoms with Crippen LogP contribution in [0.1, 0.15) is 17.0 Å². The molecule has 6 nitrogen and oxygen atoms in total. The molecule has 2 aliphatic heterocycles. The molecule has 2 aromatic rings. The van der Waals surface area contributed by atoms with Crippen molar-refractivity contribution in [2.75, 3.05) is 62.3 Å². The first-order chi connectivity index (χ1) is 13.2. The highest BCUT2D eigenvalue weighted by Crippen LogP contribution is 2.22. The Morgan fingerprint density at radius 2 is 1.48 bits per heavy atom. The second-order valence-corrected chi connectivity index (χ2v) is 7.42. The van der Waals surface area contributed by atoms with Crippen LogP contribution in [0.2, 0.25) is 0 Å². The molecule has 1 aromatic heterocycles. The minimum atomic E-state index is 0.774. The van der Waals surface area contributed by atoms with Gasteiger partial charge in [0.1, 0.15) is 17.5 Å². The number of benzene rings is 1. The van der Waals surface area contributed by atoms with Crippen molar-refractivity contribution in [3.05, 3.63) is 47.3 Å². The summed E-state index contributed by atoms with van der Waals surface area (Å²) in [5.74, 6) is 2.93. The van der Waals surface area contributed by atoms with Crippen LogP contribution in [0.3, 0.4) is 0 Å². The predicted molar refractivity (Wildman–Crippen MR) is 108 cm³/mol. The Morgan fingerprint density at radius 3 is 2.15 bits per heavy atom. The van der Waals surface area contributed by atoms with Crippen LogP contribution in [0.4, 0.5) is 11.6 Å². The van der Waals surface area contributed by atoms with Crippen molar-refractivity contribution in [3.8, 4) is 0 Å². The van der Waals surface area contributed by atoms with Gasteiger partial charge in [-0.1, -0.05) is 24.3 Å². The molecule has 0 radical (unpaired) electrons. The van der Waals surface area contributed by atoms with E-state index in [1.54, 1.807) is 0 Å². The number of hydrogen-bond donors (Lipinski definition) is 0. The van der Waals surface area contributed by atoms with E-state index < -0.39 is 0 Å². The Hall–Kier alpha value is -2.18. The minimum absolute atomic E-state index is 0.774. The summed E-state index contributed by atoms with van der Waals surface area (Å²) in [6.45, 7) is 12.7. The number of ether oxygens (including phenoxy) is 1. The third-order valence-corrected chi connectivity index (χ3v) is 5.50. The summed E-state index contributed by atoms with van der Waals surface area (Å²) in [4.78, 5) is 16.6. The third kappa shape index (κ3) is 4.39. The number of aryl methyl sites for hydroxylation is 2. The first-order valence-electron chi connectivity index (χ1n) is 9.89. The van der Waals surface area contributed by atoms with Gasteiger partial charge in [-0.05, 0) is 25.0 Å². The quantitative estimate of drug-likeness (QED) is 0.826. The standard InChI is InChI=1S/C21H29N5O/c1-17-5-3-4-6-19(17)16-24-7-9-25(10-8-24)20-15-21(23-18(2)22-20)26-11-13-27-14-12-26/h3-6,15H,7-14,16H2,1-2H3. The summed E-state index contributed by atoms with van der Waals surface area (Å²) in [7, 11) is 0. The van der Waals surface area contributed by atoms with E-state index in [0.29, 0.717) is 0 Å². The molecule has 144 valence electrons. The monoisotopic (exact) mass is 367 g/mol. The minimum Gasteiger partial charge on any atom is -0.378 e. The first-order valence-corrected chi connectivity index (χ1v) is 9.89. The molecule has 0 unspecified atom stereocenters. The predicted octanol–water partition coefficient (Wildman–Crippen LogP) is 2.25. The molecule has 0 saturated carbocycles. The summed E-state index contributed by atoms with van der Waals surface area (Å²) >= 11 is 0. The van der Waals surface area contributed by atoms with Crippen LogP contribution in [0, 0.1) is 13.8 Å². The van der Waals surface area contributed by atoms with E-state index in [0.717, 1.165) is 76.5 Å². The first kappa shape index (κ1) is 18.2. The van der Waals surface area contributed by atoms with Gasteiger partial charge in [0.05, 0.1) is 13.2 Å². The molecular formula is C21H29N5O. The van der Waals surface area contributed by atoms with Gasteiger partial charge in [-0.3, -0.25) is 4.90 Å². The van der Waals surface area contributed by atoms with Crippen molar-refractivity contribution in [3.63, 3.8) is 0 Å². The van der Waals surface area contributed by atoms with Crippen molar-refractivity contribution < 1.29 is 4.74 Å². The van der Waals surface area contributed by atoms with Gasteiger partial charge in [0.2, 0.25) is 0 Å². The van der Waals surface area contributed by atoms with Crippen LogP contribution in [0.25, 0.3) is 0 Å². The molecule has 0 amide bonds. The number of anilines is 2. The van der Waals surface area contributed by atoms with E-state index >= 15 is 0 Å². The summed E-state index contributed by atoms with van der Waals surface area (Å²) in [6.07, 6.45) is 0. The van der Waals surface area contributed by atoms with E-state index in [-0.39, 0.29) is 0 Å². The van der Waals surface area contributed by atoms with E-state index in [4.69, 9.17) is 9.72 Å². The molecule has 4 rings (SSSR count). The molecule has 2 fully saturated rings. The SMILES string of the molecule is Cc1nc(N2CCOCC2)cc(N2CCN(Cc3ccccc3C)CC2)n1. The topological polar surface area (TPSA) is 44.7 Å². The van der Waals surface area contributed by atoms with Crippen molar-refractivity contribution in [2.24, 2.45) is 0 Å². The van der Waals surface area contributed by atoms with E-state index in [9.17, 15) is 0 Å². The summed E-state index contributed by atoms with van der Waals surface area (Å²) in [5.41, 5.74) is 2.81. The highest BCUT2D eigenvalue weighted by atomic mass is 16.5. The zero-order valence-corrected chi connectivity index (χ0v) is 16.4. The van der Waals surface area contributed by atoms with Crippen LogP contribution in [-0.4, -0.2) is 67.4 Å². The number of piperazine rings is 1. The Morgan fingerprint density at radius 1 is 0.852 bits per heavy atom. The van der Waals surface area contributed by atoms with Crippen molar-refractivity contribution >= 4 is 11.6 Å². The van der Waals surface area contributed by atoms with Crippen LogP contribution in [0.5, 0.6) is 0 Å². The summed E-state index contributed by atoms with van der Waals surface area (Å²) in [6, 6.07) is 10.8. The second-order valence-electron chi connectivity index (χ2n) is 7.42. The van der Waals surface area contributed by atoms with Gasteiger partial charge in [0, 0.05) is 51.9 Å². The van der Waals surface area contributed by atoms with Gasteiger partial charge in [0.25, 0.3) is 0 Å². The van der Waals surface area contributed by atoms with Crippen LogP contribution < -0.4 is 9.80 Å². The van der Waals surface area contributed by atoms with Gasteiger partial charge in [0.15, 0.2) is 0 Å². The Bertz CT molecular complexity index is 767. The average molecular weight is 367 g/mol. The fourth-order valence-electron chi connectivity index (χ4n) is 3.82. The molecule has 3 heterocycles. The lowest BCUT2D eigenvalue weighted by molar-refractivity contribution is 0.122. The number of aromatic nitrogens is 2. The van der Waals surface area contributed by atoms with Crippen LogP contribution in [-0.2, 0) is 11.3 Å². The largest absolute Gasteiger partial charge is 0.378 e. The van der Waals surface area contributed by atoms with E-state index in [1.807, 2.05) is 6.92 Å². The maximum Gasteiger partial charge on any atom is 0.134 e. The maximum absolute atomic E-state index is 5.47. The molecule has 1 aromatic carbocycles.